The Morgan fingerprint density at radius 2 is 2.00 bits per heavy atom. The van der Waals surface area contributed by atoms with Crippen LogP contribution in [0.3, 0.4) is 0 Å². The zero-order chi connectivity index (χ0) is 18.8. The number of hydrogen-bond donors (Lipinski definition) is 1. The second kappa shape index (κ2) is 7.42. The molecule has 0 spiro atoms. The van der Waals surface area contributed by atoms with Crippen LogP contribution in [-0.2, 0) is 24.7 Å². The average Bonchev–Trinajstić information content (AvgIpc) is 3.28. The third-order valence-corrected chi connectivity index (χ3v) is 5.42. The van der Waals surface area contributed by atoms with Crippen molar-refractivity contribution < 1.29 is 4.79 Å². The van der Waals surface area contributed by atoms with Crippen LogP contribution < -0.4 is 10.2 Å². The molecule has 142 valence electrons. The lowest BCUT2D eigenvalue weighted by molar-refractivity contribution is -0.120. The standard InChI is InChI=1S/C20H26N6O/c1-21-20(22-11-15-9-16-5-3-4-6-17(16)10-15)25-7-8-26(19(27)14-25)18-12-23-24(2)13-18/h3-6,12-13,15H,7-11,14H2,1-2H3,(H,21,22). The van der Waals surface area contributed by atoms with Gasteiger partial charge in [-0.15, -0.1) is 0 Å². The van der Waals surface area contributed by atoms with Crippen LogP contribution in [-0.4, -0.2) is 59.8 Å². The van der Waals surface area contributed by atoms with Gasteiger partial charge in [0.05, 0.1) is 11.9 Å². The Kier molecular flexibility index (Phi) is 4.83. The molecule has 1 aliphatic heterocycles. The highest BCUT2D eigenvalue weighted by atomic mass is 16.2. The molecule has 0 radical (unpaired) electrons. The van der Waals surface area contributed by atoms with Crippen LogP contribution in [0.5, 0.6) is 0 Å². The summed E-state index contributed by atoms with van der Waals surface area (Å²) in [6.45, 7) is 2.60. The molecule has 1 aliphatic carbocycles. The second-order valence-electron chi connectivity index (χ2n) is 7.31. The van der Waals surface area contributed by atoms with Crippen molar-refractivity contribution in [2.75, 3.05) is 38.1 Å². The molecular formula is C20H26N6O. The zero-order valence-electron chi connectivity index (χ0n) is 15.9. The number of guanidine groups is 1. The monoisotopic (exact) mass is 366 g/mol. The smallest absolute Gasteiger partial charge is 0.246 e. The summed E-state index contributed by atoms with van der Waals surface area (Å²) < 4.78 is 1.72. The number of amides is 1. The minimum Gasteiger partial charge on any atom is -0.356 e. The van der Waals surface area contributed by atoms with Crippen molar-refractivity contribution in [3.63, 3.8) is 0 Å². The van der Waals surface area contributed by atoms with Gasteiger partial charge in [-0.3, -0.25) is 14.5 Å². The first-order valence-corrected chi connectivity index (χ1v) is 9.45. The molecule has 2 heterocycles. The Morgan fingerprint density at radius 1 is 1.26 bits per heavy atom. The number of benzene rings is 1. The number of aryl methyl sites for hydroxylation is 1. The molecule has 1 aromatic heterocycles. The number of rotatable bonds is 3. The first-order valence-electron chi connectivity index (χ1n) is 9.45. The Hall–Kier alpha value is -2.83. The van der Waals surface area contributed by atoms with Crippen LogP contribution in [0.1, 0.15) is 11.1 Å². The first kappa shape index (κ1) is 17.6. The maximum atomic E-state index is 12.6. The van der Waals surface area contributed by atoms with Gasteiger partial charge < -0.3 is 15.1 Å². The van der Waals surface area contributed by atoms with E-state index in [4.69, 9.17) is 0 Å². The van der Waals surface area contributed by atoms with E-state index >= 15 is 0 Å². The number of carbonyl (C=O) groups is 1. The molecule has 1 saturated heterocycles. The second-order valence-corrected chi connectivity index (χ2v) is 7.31. The van der Waals surface area contributed by atoms with E-state index in [2.05, 4.69) is 39.7 Å². The van der Waals surface area contributed by atoms with Crippen LogP contribution in [0, 0.1) is 5.92 Å². The highest BCUT2D eigenvalue weighted by Crippen LogP contribution is 2.26. The van der Waals surface area contributed by atoms with E-state index in [0.29, 0.717) is 19.0 Å². The minimum absolute atomic E-state index is 0.0745. The van der Waals surface area contributed by atoms with E-state index in [1.807, 2.05) is 18.1 Å². The van der Waals surface area contributed by atoms with E-state index < -0.39 is 0 Å². The first-order chi connectivity index (χ1) is 13.1. The molecule has 1 fully saturated rings. The van der Waals surface area contributed by atoms with E-state index in [-0.39, 0.29) is 5.91 Å². The summed E-state index contributed by atoms with van der Waals surface area (Å²) in [4.78, 5) is 20.8. The SMILES string of the molecule is CN=C(NCC1Cc2ccccc2C1)N1CCN(c2cnn(C)c2)C(=O)C1. The molecule has 0 unspecified atom stereocenters. The van der Waals surface area contributed by atoms with Crippen LogP contribution >= 0.6 is 0 Å². The Labute approximate surface area is 159 Å². The fourth-order valence-electron chi connectivity index (χ4n) is 4.04. The van der Waals surface area contributed by atoms with Gasteiger partial charge in [0, 0.05) is 39.9 Å². The van der Waals surface area contributed by atoms with Gasteiger partial charge in [-0.05, 0) is 29.9 Å². The van der Waals surface area contributed by atoms with Crippen LogP contribution in [0.4, 0.5) is 5.69 Å². The fourth-order valence-corrected chi connectivity index (χ4v) is 4.04. The lowest BCUT2D eigenvalue weighted by Gasteiger charge is -2.35. The number of nitrogens with one attached hydrogen (secondary N) is 1. The molecule has 1 aromatic carbocycles. The van der Waals surface area contributed by atoms with Crippen molar-refractivity contribution in [2.24, 2.45) is 18.0 Å². The summed E-state index contributed by atoms with van der Waals surface area (Å²) in [7, 11) is 3.64. The van der Waals surface area contributed by atoms with Crippen molar-refractivity contribution in [3.05, 3.63) is 47.8 Å². The lowest BCUT2D eigenvalue weighted by Crippen LogP contribution is -2.55. The van der Waals surface area contributed by atoms with E-state index in [1.54, 1.807) is 22.8 Å². The van der Waals surface area contributed by atoms with Crippen molar-refractivity contribution in [3.8, 4) is 0 Å². The number of fused-ring (bicyclic) bond motifs is 1. The number of carbonyl (C=O) groups excluding carboxylic acids is 1. The van der Waals surface area contributed by atoms with Gasteiger partial charge in [0.1, 0.15) is 6.54 Å². The summed E-state index contributed by atoms with van der Waals surface area (Å²) in [5, 5.41) is 7.64. The third-order valence-electron chi connectivity index (χ3n) is 5.42. The lowest BCUT2D eigenvalue weighted by atomic mass is 10.1. The largest absolute Gasteiger partial charge is 0.356 e. The van der Waals surface area contributed by atoms with Crippen molar-refractivity contribution >= 4 is 17.6 Å². The predicted octanol–water partition coefficient (Wildman–Crippen LogP) is 1.06. The van der Waals surface area contributed by atoms with E-state index in [1.165, 1.54) is 11.1 Å². The summed E-state index contributed by atoms with van der Waals surface area (Å²) in [5.41, 5.74) is 3.77. The molecule has 7 nitrogen and oxygen atoms in total. The molecule has 4 rings (SSSR count). The molecule has 0 atom stereocenters. The topological polar surface area (TPSA) is 65.8 Å². The Morgan fingerprint density at radius 3 is 2.59 bits per heavy atom. The molecule has 7 heteroatoms. The number of piperazine rings is 1. The minimum atomic E-state index is 0.0745. The van der Waals surface area contributed by atoms with Crippen molar-refractivity contribution in [1.29, 1.82) is 0 Å². The number of aliphatic imine (C=N–C) groups is 1. The molecule has 2 aromatic rings. The van der Waals surface area contributed by atoms with Gasteiger partial charge in [0.25, 0.3) is 0 Å². The van der Waals surface area contributed by atoms with Crippen LogP contribution in [0.15, 0.2) is 41.7 Å². The summed E-state index contributed by atoms with van der Waals surface area (Å²) in [5.74, 6) is 1.46. The molecule has 0 saturated carbocycles. The maximum absolute atomic E-state index is 12.6. The van der Waals surface area contributed by atoms with Crippen LogP contribution in [0.25, 0.3) is 0 Å². The van der Waals surface area contributed by atoms with Gasteiger partial charge in [-0.2, -0.15) is 5.10 Å². The molecule has 2 aliphatic rings. The molecule has 27 heavy (non-hydrogen) atoms. The Bertz CT molecular complexity index is 833. The number of aromatic nitrogens is 2. The van der Waals surface area contributed by atoms with Gasteiger partial charge in [-0.1, -0.05) is 24.3 Å². The summed E-state index contributed by atoms with van der Waals surface area (Å²) in [6.07, 6.45) is 5.82. The number of hydrogen-bond acceptors (Lipinski definition) is 3. The normalized spacial score (nSPS) is 18.1. The molecular weight excluding hydrogens is 340 g/mol. The summed E-state index contributed by atoms with van der Waals surface area (Å²) >= 11 is 0. The highest BCUT2D eigenvalue weighted by Gasteiger charge is 2.28. The molecule has 1 N–H and O–H groups in total. The third kappa shape index (κ3) is 3.67. The van der Waals surface area contributed by atoms with Crippen molar-refractivity contribution in [2.45, 2.75) is 12.8 Å². The van der Waals surface area contributed by atoms with Gasteiger partial charge >= 0.3 is 0 Å². The van der Waals surface area contributed by atoms with E-state index in [0.717, 1.165) is 37.6 Å². The predicted molar refractivity (Wildman–Crippen MR) is 106 cm³/mol. The van der Waals surface area contributed by atoms with E-state index in [9.17, 15) is 4.79 Å². The highest BCUT2D eigenvalue weighted by molar-refractivity contribution is 5.98. The zero-order valence-corrected chi connectivity index (χ0v) is 15.9. The van der Waals surface area contributed by atoms with Crippen molar-refractivity contribution in [1.82, 2.24) is 20.0 Å². The molecule has 0 bridgehead atoms. The van der Waals surface area contributed by atoms with Gasteiger partial charge in [0.2, 0.25) is 5.91 Å². The van der Waals surface area contributed by atoms with Gasteiger partial charge in [0.15, 0.2) is 5.96 Å². The number of anilines is 1. The number of nitrogens with zero attached hydrogens (tertiary/aromatic N) is 5. The fraction of sp³-hybridized carbons (Fsp3) is 0.450. The van der Waals surface area contributed by atoms with Gasteiger partial charge in [-0.25, -0.2) is 0 Å². The Balaban J connectivity index is 1.32. The quantitative estimate of drug-likeness (QED) is 0.652. The molecule has 1 amide bonds. The maximum Gasteiger partial charge on any atom is 0.246 e. The average molecular weight is 366 g/mol. The van der Waals surface area contributed by atoms with Crippen LogP contribution in [0.2, 0.25) is 0 Å². The summed E-state index contributed by atoms with van der Waals surface area (Å²) in [6, 6.07) is 8.67.